The largest absolute Gasteiger partial charge is 0.379 e. The molecule has 4 rings (SSSR count). The molecule has 3 heterocycles. The smallest absolute Gasteiger partial charge is 0.282 e. The summed E-state index contributed by atoms with van der Waals surface area (Å²) < 4.78 is 39.9. The molecule has 1 unspecified atom stereocenters. The van der Waals surface area contributed by atoms with Crippen LogP contribution in [0.4, 0.5) is 0 Å². The van der Waals surface area contributed by atoms with Crippen molar-refractivity contribution in [1.82, 2.24) is 19.1 Å². The zero-order chi connectivity index (χ0) is 21.2. The third kappa shape index (κ3) is 4.28. The van der Waals surface area contributed by atoms with E-state index in [0.717, 1.165) is 18.5 Å². The maximum Gasteiger partial charge on any atom is 0.282 e. The van der Waals surface area contributed by atoms with Gasteiger partial charge in [-0.15, -0.1) is 0 Å². The van der Waals surface area contributed by atoms with E-state index in [1.807, 2.05) is 6.07 Å². The van der Waals surface area contributed by atoms with Gasteiger partial charge >= 0.3 is 0 Å². The maximum absolute atomic E-state index is 13.1. The van der Waals surface area contributed by atoms with Crippen LogP contribution in [0.3, 0.4) is 0 Å². The first-order chi connectivity index (χ1) is 14.4. The second-order valence-corrected chi connectivity index (χ2v) is 10.6. The minimum absolute atomic E-state index is 0.145. The first kappa shape index (κ1) is 21.7. The Morgan fingerprint density at radius 3 is 2.63 bits per heavy atom. The van der Waals surface area contributed by atoms with Crippen LogP contribution in [0.1, 0.15) is 55.9 Å². The van der Waals surface area contributed by atoms with E-state index < -0.39 is 15.6 Å². The molecule has 9 nitrogen and oxygen atoms in total. The minimum Gasteiger partial charge on any atom is -0.379 e. The number of rotatable bonds is 6. The molecular formula is C20H32N4O5S. The first-order valence-electron chi connectivity index (χ1n) is 11.0. The highest BCUT2D eigenvalue weighted by atomic mass is 32.2. The predicted octanol–water partition coefficient (Wildman–Crippen LogP) is 1.28. The van der Waals surface area contributed by atoms with Crippen molar-refractivity contribution in [1.29, 1.82) is 0 Å². The van der Waals surface area contributed by atoms with Gasteiger partial charge in [-0.25, -0.2) is 0 Å². The second kappa shape index (κ2) is 8.94. The molecule has 0 spiro atoms. The molecule has 1 aromatic heterocycles. The van der Waals surface area contributed by atoms with Gasteiger partial charge in [0.2, 0.25) is 5.91 Å². The van der Waals surface area contributed by atoms with Crippen molar-refractivity contribution in [2.75, 3.05) is 46.4 Å². The quantitative estimate of drug-likeness (QED) is 0.715. The van der Waals surface area contributed by atoms with Crippen molar-refractivity contribution in [3.63, 3.8) is 0 Å². The highest BCUT2D eigenvalue weighted by Crippen LogP contribution is 2.38. The van der Waals surface area contributed by atoms with Crippen LogP contribution >= 0.6 is 0 Å². The molecule has 10 heteroatoms. The molecule has 1 atom stereocenters. The fourth-order valence-electron chi connectivity index (χ4n) is 4.98. The number of morpholine rings is 1. The van der Waals surface area contributed by atoms with Gasteiger partial charge in [0, 0.05) is 51.6 Å². The van der Waals surface area contributed by atoms with Crippen LogP contribution in [0.5, 0.6) is 0 Å². The molecule has 1 amide bonds. The Balaban J connectivity index is 1.50. The molecule has 0 radical (unpaired) electrons. The van der Waals surface area contributed by atoms with Gasteiger partial charge < -0.3 is 14.6 Å². The number of hydrogen-bond acceptors (Lipinski definition) is 6. The molecule has 0 bridgehead atoms. The van der Waals surface area contributed by atoms with Gasteiger partial charge in [-0.1, -0.05) is 24.4 Å². The number of carbonyl (C=O) groups is 1. The van der Waals surface area contributed by atoms with Crippen LogP contribution in [0.2, 0.25) is 0 Å². The first-order valence-corrected chi connectivity index (χ1v) is 12.3. The Labute approximate surface area is 178 Å². The van der Waals surface area contributed by atoms with Crippen LogP contribution < -0.4 is 5.32 Å². The van der Waals surface area contributed by atoms with E-state index in [1.54, 1.807) is 7.05 Å². The summed E-state index contributed by atoms with van der Waals surface area (Å²) in [6, 6.07) is 1.97. The van der Waals surface area contributed by atoms with Gasteiger partial charge in [0.1, 0.15) is 5.76 Å². The average molecular weight is 441 g/mol. The lowest BCUT2D eigenvalue weighted by Gasteiger charge is -2.31. The summed E-state index contributed by atoms with van der Waals surface area (Å²) >= 11 is 0. The Morgan fingerprint density at radius 1 is 1.20 bits per heavy atom. The van der Waals surface area contributed by atoms with Crippen LogP contribution in [-0.2, 0) is 26.2 Å². The van der Waals surface area contributed by atoms with E-state index >= 15 is 0 Å². The summed E-state index contributed by atoms with van der Waals surface area (Å²) in [4.78, 5) is 12.9. The Morgan fingerprint density at radius 2 is 1.93 bits per heavy atom. The highest BCUT2D eigenvalue weighted by Gasteiger charge is 2.49. The molecule has 30 heavy (non-hydrogen) atoms. The molecular weight excluding hydrogens is 408 g/mol. The van der Waals surface area contributed by atoms with Crippen molar-refractivity contribution >= 4 is 16.1 Å². The third-order valence-electron chi connectivity index (χ3n) is 6.76. The SMILES string of the molecule is CNC(=O)C1(Cc2cc(C3CCCCC3)no2)CCN(S(=O)(=O)N2CCOCC2)C1. The number of nitrogens with zero attached hydrogens (tertiary/aromatic N) is 3. The Hall–Kier alpha value is -1.49. The summed E-state index contributed by atoms with van der Waals surface area (Å²) in [6.45, 7) is 1.95. The van der Waals surface area contributed by atoms with Crippen molar-refractivity contribution < 1.29 is 22.5 Å². The summed E-state index contributed by atoms with van der Waals surface area (Å²) in [7, 11) is -2.02. The number of nitrogens with one attached hydrogen (secondary N) is 1. The van der Waals surface area contributed by atoms with E-state index in [-0.39, 0.29) is 12.5 Å². The number of hydrogen-bond donors (Lipinski definition) is 1. The van der Waals surface area contributed by atoms with E-state index in [1.165, 1.54) is 27.9 Å². The summed E-state index contributed by atoms with van der Waals surface area (Å²) in [6.07, 6.45) is 6.74. The van der Waals surface area contributed by atoms with E-state index in [4.69, 9.17) is 9.26 Å². The van der Waals surface area contributed by atoms with Gasteiger partial charge in [0.15, 0.2) is 0 Å². The molecule has 2 aliphatic heterocycles. The van der Waals surface area contributed by atoms with Crippen LogP contribution in [0.25, 0.3) is 0 Å². The van der Waals surface area contributed by atoms with Gasteiger partial charge in [-0.2, -0.15) is 17.0 Å². The molecule has 1 aliphatic carbocycles. The Bertz CT molecular complexity index is 845. The lowest BCUT2D eigenvalue weighted by molar-refractivity contribution is -0.130. The third-order valence-corrected chi connectivity index (χ3v) is 8.75. The zero-order valence-electron chi connectivity index (χ0n) is 17.6. The molecule has 3 aliphatic rings. The van der Waals surface area contributed by atoms with E-state index in [0.29, 0.717) is 57.4 Å². The van der Waals surface area contributed by atoms with Gasteiger partial charge in [0.25, 0.3) is 10.2 Å². The molecule has 2 saturated heterocycles. The normalized spacial score (nSPS) is 27.4. The number of ether oxygens (including phenoxy) is 1. The molecule has 1 aromatic rings. The number of amides is 1. The van der Waals surface area contributed by atoms with Gasteiger partial charge in [-0.05, 0) is 19.3 Å². The van der Waals surface area contributed by atoms with Crippen LogP contribution in [-0.4, -0.2) is 74.5 Å². The topological polar surface area (TPSA) is 105 Å². The monoisotopic (exact) mass is 440 g/mol. The van der Waals surface area contributed by atoms with Crippen LogP contribution in [0.15, 0.2) is 10.6 Å². The van der Waals surface area contributed by atoms with Gasteiger partial charge in [0.05, 0.1) is 24.3 Å². The van der Waals surface area contributed by atoms with E-state index in [2.05, 4.69) is 10.5 Å². The second-order valence-electron chi connectivity index (χ2n) is 8.69. The lowest BCUT2D eigenvalue weighted by atomic mass is 9.81. The fourth-order valence-corrected chi connectivity index (χ4v) is 6.65. The van der Waals surface area contributed by atoms with E-state index in [9.17, 15) is 13.2 Å². The summed E-state index contributed by atoms with van der Waals surface area (Å²) in [5, 5.41) is 7.01. The maximum atomic E-state index is 13.1. The molecule has 3 fully saturated rings. The molecule has 1 saturated carbocycles. The van der Waals surface area contributed by atoms with Crippen molar-refractivity contribution in [2.45, 2.75) is 50.9 Å². The Kier molecular flexibility index (Phi) is 6.47. The van der Waals surface area contributed by atoms with Crippen molar-refractivity contribution in [2.24, 2.45) is 5.41 Å². The average Bonchev–Trinajstić information content (AvgIpc) is 3.43. The molecule has 1 N–H and O–H groups in total. The molecule has 0 aromatic carbocycles. The number of carbonyl (C=O) groups excluding carboxylic acids is 1. The van der Waals surface area contributed by atoms with Gasteiger partial charge in [-0.3, -0.25) is 4.79 Å². The minimum atomic E-state index is -3.62. The van der Waals surface area contributed by atoms with Crippen LogP contribution in [0, 0.1) is 5.41 Å². The number of aromatic nitrogens is 1. The lowest BCUT2D eigenvalue weighted by Crippen LogP contribution is -2.50. The van der Waals surface area contributed by atoms with Crippen molar-refractivity contribution in [3.05, 3.63) is 17.5 Å². The fraction of sp³-hybridized carbons (Fsp3) is 0.800. The summed E-state index contributed by atoms with van der Waals surface area (Å²) in [5.74, 6) is 0.927. The summed E-state index contributed by atoms with van der Waals surface area (Å²) in [5.41, 5.74) is 0.116. The molecule has 168 valence electrons. The highest BCUT2D eigenvalue weighted by molar-refractivity contribution is 7.86. The van der Waals surface area contributed by atoms with Crippen molar-refractivity contribution in [3.8, 4) is 0 Å². The zero-order valence-corrected chi connectivity index (χ0v) is 18.5. The predicted molar refractivity (Wildman–Crippen MR) is 110 cm³/mol. The standard InChI is InChI=1S/C20H32N4O5S/c1-21-19(25)20(14-17-13-18(22-29-17)16-5-3-2-4-6-16)7-8-24(15-20)30(26,27)23-9-11-28-12-10-23/h13,16H,2-12,14-15H2,1H3,(H,21,25).